The van der Waals surface area contributed by atoms with Gasteiger partial charge >= 0.3 is 5.97 Å². The number of benzene rings is 1. The number of anilines is 1. The molecule has 1 aromatic rings. The van der Waals surface area contributed by atoms with Crippen LogP contribution in [-0.4, -0.2) is 31.1 Å². The van der Waals surface area contributed by atoms with Gasteiger partial charge in [-0.05, 0) is 19.1 Å². The van der Waals surface area contributed by atoms with Crippen molar-refractivity contribution in [2.75, 3.05) is 25.1 Å². The summed E-state index contributed by atoms with van der Waals surface area (Å²) in [5.74, 6) is -0.436. The van der Waals surface area contributed by atoms with E-state index in [1.165, 1.54) is 13.2 Å². The van der Waals surface area contributed by atoms with Crippen LogP contribution in [0, 0.1) is 10.1 Å². The molecule has 0 N–H and O–H groups in total. The van der Waals surface area contributed by atoms with E-state index in [4.69, 9.17) is 0 Å². The van der Waals surface area contributed by atoms with E-state index in [1.807, 2.05) is 6.92 Å². The van der Waals surface area contributed by atoms with Crippen LogP contribution < -0.4 is 4.90 Å². The first-order valence-electron chi connectivity index (χ1n) is 5.25. The van der Waals surface area contributed by atoms with E-state index in [0.717, 1.165) is 0 Å². The van der Waals surface area contributed by atoms with Gasteiger partial charge in [-0.25, -0.2) is 0 Å². The molecule has 7 heteroatoms. The molecule has 0 spiro atoms. The summed E-state index contributed by atoms with van der Waals surface area (Å²) in [5.41, 5.74) is 0.353. The Morgan fingerprint density at radius 1 is 1.56 bits per heavy atom. The highest BCUT2D eigenvalue weighted by molar-refractivity contribution is 9.10. The van der Waals surface area contributed by atoms with E-state index >= 15 is 0 Å². The molecule has 0 amide bonds. The van der Waals surface area contributed by atoms with E-state index < -0.39 is 10.9 Å². The number of nitro benzene ring substituents is 1. The zero-order valence-corrected chi connectivity index (χ0v) is 11.6. The molecular weight excluding hydrogens is 304 g/mol. The molecule has 6 nitrogen and oxygen atoms in total. The zero-order chi connectivity index (χ0) is 13.7. The molecule has 0 aliphatic rings. The van der Waals surface area contributed by atoms with Crippen molar-refractivity contribution in [2.24, 2.45) is 0 Å². The van der Waals surface area contributed by atoms with Gasteiger partial charge in [0.25, 0.3) is 5.69 Å². The van der Waals surface area contributed by atoms with Crippen LogP contribution in [0.3, 0.4) is 0 Å². The Hall–Kier alpha value is -1.63. The van der Waals surface area contributed by atoms with Gasteiger partial charge in [-0.3, -0.25) is 14.9 Å². The van der Waals surface area contributed by atoms with Gasteiger partial charge in [0.05, 0.1) is 12.0 Å². The first kappa shape index (κ1) is 14.4. The first-order valence-corrected chi connectivity index (χ1v) is 6.04. The number of ether oxygens (including phenoxy) is 1. The number of halogens is 1. The lowest BCUT2D eigenvalue weighted by Gasteiger charge is -2.21. The standard InChI is InChI=1S/C11H13BrN2O4/c1-3-13(7-11(15)18-2)9-5-4-8(12)6-10(9)14(16)17/h4-6H,3,7H2,1-2H3. The Morgan fingerprint density at radius 3 is 2.72 bits per heavy atom. The molecule has 0 aliphatic carbocycles. The fourth-order valence-electron chi connectivity index (χ4n) is 1.50. The third-order valence-corrected chi connectivity index (χ3v) is 2.90. The van der Waals surface area contributed by atoms with Crippen LogP contribution in [0.4, 0.5) is 11.4 Å². The second kappa shape index (κ2) is 6.34. The second-order valence-corrected chi connectivity index (χ2v) is 4.40. The normalized spacial score (nSPS) is 9.94. The van der Waals surface area contributed by atoms with Crippen molar-refractivity contribution in [3.63, 3.8) is 0 Å². The molecule has 0 fully saturated rings. The molecule has 0 radical (unpaired) electrons. The van der Waals surface area contributed by atoms with Crippen LogP contribution in [0.2, 0.25) is 0 Å². The number of methoxy groups -OCH3 is 1. The number of nitrogens with zero attached hydrogens (tertiary/aromatic N) is 2. The highest BCUT2D eigenvalue weighted by Crippen LogP contribution is 2.30. The molecule has 0 atom stereocenters. The summed E-state index contributed by atoms with van der Waals surface area (Å²) in [6, 6.07) is 4.71. The van der Waals surface area contributed by atoms with Crippen LogP contribution in [0.15, 0.2) is 22.7 Å². The topological polar surface area (TPSA) is 72.7 Å². The van der Waals surface area contributed by atoms with Crippen molar-refractivity contribution in [3.05, 3.63) is 32.8 Å². The number of esters is 1. The summed E-state index contributed by atoms with van der Waals surface area (Å²) in [7, 11) is 1.28. The minimum absolute atomic E-state index is 0.0184. The van der Waals surface area contributed by atoms with Crippen LogP contribution >= 0.6 is 15.9 Å². The molecule has 0 unspecified atom stereocenters. The van der Waals surface area contributed by atoms with Gasteiger partial charge in [-0.15, -0.1) is 0 Å². The van der Waals surface area contributed by atoms with Crippen LogP contribution in [-0.2, 0) is 9.53 Å². The average molecular weight is 317 g/mol. The third kappa shape index (κ3) is 3.43. The van der Waals surface area contributed by atoms with Gasteiger partial charge in [0.15, 0.2) is 0 Å². The first-order chi connectivity index (χ1) is 8.49. The fraction of sp³-hybridized carbons (Fsp3) is 0.364. The SMILES string of the molecule is CCN(CC(=O)OC)c1ccc(Br)cc1[N+](=O)[O-]. The van der Waals surface area contributed by atoms with Crippen molar-refractivity contribution in [3.8, 4) is 0 Å². The lowest BCUT2D eigenvalue weighted by Crippen LogP contribution is -2.30. The van der Waals surface area contributed by atoms with Crippen molar-refractivity contribution in [2.45, 2.75) is 6.92 Å². The largest absolute Gasteiger partial charge is 0.468 e. The van der Waals surface area contributed by atoms with Crippen molar-refractivity contribution >= 4 is 33.3 Å². The molecule has 98 valence electrons. The number of carbonyl (C=O) groups excluding carboxylic acids is 1. The number of likely N-dealkylation sites (N-methyl/N-ethyl adjacent to an activating group) is 1. The van der Waals surface area contributed by atoms with Crippen molar-refractivity contribution in [1.29, 1.82) is 0 Å². The Kier molecular flexibility index (Phi) is 5.08. The second-order valence-electron chi connectivity index (χ2n) is 3.48. The van der Waals surface area contributed by atoms with Gasteiger partial charge in [0.2, 0.25) is 0 Å². The maximum atomic E-state index is 11.3. The molecule has 0 aliphatic heterocycles. The van der Waals surface area contributed by atoms with E-state index in [-0.39, 0.29) is 12.2 Å². The molecule has 1 aromatic carbocycles. The summed E-state index contributed by atoms with van der Waals surface area (Å²) >= 11 is 3.19. The lowest BCUT2D eigenvalue weighted by molar-refractivity contribution is -0.384. The lowest BCUT2D eigenvalue weighted by atomic mass is 10.2. The summed E-state index contributed by atoms with van der Waals surface area (Å²) in [6.45, 7) is 2.27. The molecule has 0 aromatic heterocycles. The van der Waals surface area contributed by atoms with E-state index in [2.05, 4.69) is 20.7 Å². The average Bonchev–Trinajstić information content (AvgIpc) is 2.35. The number of nitro groups is 1. The number of hydrogen-bond donors (Lipinski definition) is 0. The number of hydrogen-bond acceptors (Lipinski definition) is 5. The molecule has 0 saturated carbocycles. The minimum Gasteiger partial charge on any atom is -0.468 e. The summed E-state index contributed by atoms with van der Waals surface area (Å²) in [5, 5.41) is 11.0. The van der Waals surface area contributed by atoms with Gasteiger partial charge < -0.3 is 9.64 Å². The quantitative estimate of drug-likeness (QED) is 0.473. The highest BCUT2D eigenvalue weighted by atomic mass is 79.9. The molecule has 18 heavy (non-hydrogen) atoms. The molecule has 0 heterocycles. The third-order valence-electron chi connectivity index (χ3n) is 2.40. The Labute approximate surface area is 113 Å². The van der Waals surface area contributed by atoms with Crippen molar-refractivity contribution < 1.29 is 14.5 Å². The van der Waals surface area contributed by atoms with Crippen LogP contribution in [0.1, 0.15) is 6.92 Å². The van der Waals surface area contributed by atoms with Gasteiger partial charge in [-0.2, -0.15) is 0 Å². The monoisotopic (exact) mass is 316 g/mol. The van der Waals surface area contributed by atoms with Gasteiger partial charge in [0, 0.05) is 17.1 Å². The fourth-order valence-corrected chi connectivity index (χ4v) is 1.85. The Bertz CT molecular complexity index is 464. The predicted octanol–water partition coefficient (Wildman–Crippen LogP) is 2.36. The maximum absolute atomic E-state index is 11.3. The molecule has 0 saturated heterocycles. The maximum Gasteiger partial charge on any atom is 0.325 e. The van der Waals surface area contributed by atoms with Crippen molar-refractivity contribution in [1.82, 2.24) is 0 Å². The number of rotatable bonds is 5. The number of carbonyl (C=O) groups is 1. The van der Waals surface area contributed by atoms with E-state index in [0.29, 0.717) is 16.7 Å². The Morgan fingerprint density at radius 2 is 2.22 bits per heavy atom. The Balaban J connectivity index is 3.12. The summed E-state index contributed by atoms with van der Waals surface area (Å²) < 4.78 is 5.19. The van der Waals surface area contributed by atoms with E-state index in [1.54, 1.807) is 17.0 Å². The molecular formula is C11H13BrN2O4. The van der Waals surface area contributed by atoms with Crippen LogP contribution in [0.5, 0.6) is 0 Å². The minimum atomic E-state index is -0.472. The zero-order valence-electron chi connectivity index (χ0n) is 10.1. The van der Waals surface area contributed by atoms with E-state index in [9.17, 15) is 14.9 Å². The van der Waals surface area contributed by atoms with Gasteiger partial charge in [-0.1, -0.05) is 15.9 Å². The summed E-state index contributed by atoms with van der Waals surface area (Å²) in [6.07, 6.45) is 0. The van der Waals surface area contributed by atoms with Gasteiger partial charge in [0.1, 0.15) is 12.2 Å². The smallest absolute Gasteiger partial charge is 0.325 e. The van der Waals surface area contributed by atoms with Crippen LogP contribution in [0.25, 0.3) is 0 Å². The highest BCUT2D eigenvalue weighted by Gasteiger charge is 2.20. The predicted molar refractivity (Wildman–Crippen MR) is 70.7 cm³/mol. The summed E-state index contributed by atoms with van der Waals surface area (Å²) in [4.78, 5) is 23.4. The molecule has 1 rings (SSSR count). The molecule has 0 bridgehead atoms.